The van der Waals surface area contributed by atoms with Gasteiger partial charge in [0.25, 0.3) is 5.56 Å². The Kier molecular flexibility index (Phi) is 6.48. The monoisotopic (exact) mass is 357 g/mol. The first-order chi connectivity index (χ1) is 12.5. The maximum Gasteiger partial charge on any atom is 0.332 e. The van der Waals surface area contributed by atoms with Crippen LogP contribution in [0.3, 0.4) is 0 Å². The van der Waals surface area contributed by atoms with Gasteiger partial charge in [0.05, 0.1) is 0 Å². The number of hydrogen-bond acceptors (Lipinski definition) is 5. The lowest BCUT2D eigenvalue weighted by molar-refractivity contribution is -0.111. The highest BCUT2D eigenvalue weighted by atomic mass is 16.2. The van der Waals surface area contributed by atoms with Crippen molar-refractivity contribution in [1.29, 1.82) is 0 Å². The summed E-state index contributed by atoms with van der Waals surface area (Å²) in [6, 6.07) is 3.54. The molecule has 0 aliphatic carbocycles. The molecule has 2 heterocycles. The molecule has 138 valence electrons. The molecule has 0 saturated carbocycles. The number of carbonyl (C=O) groups is 1. The zero-order chi connectivity index (χ0) is 19.1. The minimum Gasteiger partial charge on any atom is -0.383 e. The van der Waals surface area contributed by atoms with Crippen molar-refractivity contribution in [3.63, 3.8) is 0 Å². The maximum absolute atomic E-state index is 12.6. The molecule has 0 aliphatic rings. The number of hydrogen-bond donors (Lipinski definition) is 2. The van der Waals surface area contributed by atoms with Crippen LogP contribution in [-0.4, -0.2) is 20.0 Å². The Labute approximate surface area is 151 Å². The number of pyridine rings is 1. The second-order valence-electron chi connectivity index (χ2n) is 5.76. The van der Waals surface area contributed by atoms with Gasteiger partial charge in [-0.25, -0.2) is 4.79 Å². The van der Waals surface area contributed by atoms with E-state index in [9.17, 15) is 14.4 Å². The smallest absolute Gasteiger partial charge is 0.332 e. The number of rotatable bonds is 7. The van der Waals surface area contributed by atoms with Gasteiger partial charge in [-0.15, -0.1) is 0 Å². The van der Waals surface area contributed by atoms with Crippen LogP contribution in [0, 0.1) is 0 Å². The van der Waals surface area contributed by atoms with Crippen molar-refractivity contribution in [3.05, 3.63) is 57.0 Å². The van der Waals surface area contributed by atoms with Crippen molar-refractivity contribution in [2.75, 3.05) is 11.1 Å². The number of nitrogens with zero attached hydrogens (tertiary/aromatic N) is 3. The number of nitrogen functional groups attached to an aromatic ring is 1. The van der Waals surface area contributed by atoms with Crippen LogP contribution in [0.15, 0.2) is 40.2 Å². The zero-order valence-corrected chi connectivity index (χ0v) is 14.9. The number of amides is 1. The van der Waals surface area contributed by atoms with Gasteiger partial charge < -0.3 is 11.1 Å². The molecule has 26 heavy (non-hydrogen) atoms. The van der Waals surface area contributed by atoms with E-state index in [-0.39, 0.29) is 18.1 Å². The SMILES string of the molecule is CCCn1c(N)c(NC(=O)/C=C/c2cccnc2)c(=O)n(CCC)c1=O. The number of nitrogens with one attached hydrogen (secondary N) is 1. The summed E-state index contributed by atoms with van der Waals surface area (Å²) in [7, 11) is 0. The van der Waals surface area contributed by atoms with E-state index in [1.54, 1.807) is 30.6 Å². The van der Waals surface area contributed by atoms with Gasteiger partial charge in [-0.3, -0.25) is 23.7 Å². The second-order valence-corrected chi connectivity index (χ2v) is 5.76. The van der Waals surface area contributed by atoms with E-state index in [1.807, 2.05) is 13.8 Å². The summed E-state index contributed by atoms with van der Waals surface area (Å²) in [4.78, 5) is 41.2. The minimum absolute atomic E-state index is 0.0302. The van der Waals surface area contributed by atoms with Crippen LogP contribution >= 0.6 is 0 Å². The third-order valence-corrected chi connectivity index (χ3v) is 3.72. The van der Waals surface area contributed by atoms with E-state index in [4.69, 9.17) is 5.73 Å². The largest absolute Gasteiger partial charge is 0.383 e. The topological polar surface area (TPSA) is 112 Å². The third-order valence-electron chi connectivity index (χ3n) is 3.72. The molecule has 0 aliphatic heterocycles. The molecule has 2 rings (SSSR count). The summed E-state index contributed by atoms with van der Waals surface area (Å²) in [6.07, 6.45) is 7.38. The highest BCUT2D eigenvalue weighted by Gasteiger charge is 2.17. The summed E-state index contributed by atoms with van der Waals surface area (Å²) in [6.45, 7) is 4.39. The highest BCUT2D eigenvalue weighted by Crippen LogP contribution is 2.12. The fourth-order valence-corrected chi connectivity index (χ4v) is 2.50. The van der Waals surface area contributed by atoms with E-state index in [0.29, 0.717) is 19.4 Å². The average molecular weight is 357 g/mol. The predicted octanol–water partition coefficient (Wildman–Crippen LogP) is 1.46. The second kappa shape index (κ2) is 8.80. The molecule has 1 amide bonds. The number of anilines is 2. The van der Waals surface area contributed by atoms with Crippen LogP contribution in [0.25, 0.3) is 6.08 Å². The third kappa shape index (κ3) is 4.27. The van der Waals surface area contributed by atoms with E-state index in [0.717, 1.165) is 10.1 Å². The minimum atomic E-state index is -0.593. The first-order valence-corrected chi connectivity index (χ1v) is 8.51. The fraction of sp³-hybridized carbons (Fsp3) is 0.333. The van der Waals surface area contributed by atoms with Crippen molar-refractivity contribution in [1.82, 2.24) is 14.1 Å². The predicted molar refractivity (Wildman–Crippen MR) is 102 cm³/mol. The Morgan fingerprint density at radius 3 is 2.54 bits per heavy atom. The first kappa shape index (κ1) is 19.2. The van der Waals surface area contributed by atoms with Crippen LogP contribution < -0.4 is 22.3 Å². The first-order valence-electron chi connectivity index (χ1n) is 8.51. The van der Waals surface area contributed by atoms with Crippen LogP contribution in [0.5, 0.6) is 0 Å². The van der Waals surface area contributed by atoms with Gasteiger partial charge in [-0.2, -0.15) is 0 Å². The Morgan fingerprint density at radius 1 is 1.23 bits per heavy atom. The number of aromatic nitrogens is 3. The van der Waals surface area contributed by atoms with Gasteiger partial charge >= 0.3 is 5.69 Å². The van der Waals surface area contributed by atoms with Crippen LogP contribution in [0.2, 0.25) is 0 Å². The number of carbonyl (C=O) groups excluding carboxylic acids is 1. The lowest BCUT2D eigenvalue weighted by Crippen LogP contribution is -2.42. The molecule has 0 unspecified atom stereocenters. The summed E-state index contributed by atoms with van der Waals surface area (Å²) in [5.41, 5.74) is 5.61. The van der Waals surface area contributed by atoms with E-state index < -0.39 is 17.2 Å². The molecule has 8 heteroatoms. The van der Waals surface area contributed by atoms with Crippen LogP contribution in [0.4, 0.5) is 11.5 Å². The molecule has 3 N–H and O–H groups in total. The average Bonchev–Trinajstić information content (AvgIpc) is 2.65. The van der Waals surface area contributed by atoms with E-state index >= 15 is 0 Å². The van der Waals surface area contributed by atoms with Gasteiger partial charge in [-0.1, -0.05) is 19.9 Å². The molecular weight excluding hydrogens is 334 g/mol. The lowest BCUT2D eigenvalue weighted by atomic mass is 10.2. The maximum atomic E-state index is 12.6. The summed E-state index contributed by atoms with van der Waals surface area (Å²) >= 11 is 0. The Balaban J connectivity index is 2.38. The van der Waals surface area contributed by atoms with Crippen molar-refractivity contribution in [2.24, 2.45) is 0 Å². The van der Waals surface area contributed by atoms with E-state index in [2.05, 4.69) is 10.3 Å². The molecule has 0 radical (unpaired) electrons. The van der Waals surface area contributed by atoms with Gasteiger partial charge in [0, 0.05) is 31.6 Å². The molecule has 2 aromatic heterocycles. The zero-order valence-electron chi connectivity index (χ0n) is 14.9. The van der Waals surface area contributed by atoms with Crippen molar-refractivity contribution in [3.8, 4) is 0 Å². The normalized spacial score (nSPS) is 11.0. The van der Waals surface area contributed by atoms with Gasteiger partial charge in [0.2, 0.25) is 5.91 Å². The van der Waals surface area contributed by atoms with Gasteiger partial charge in [-0.05, 0) is 30.5 Å². The Morgan fingerprint density at radius 2 is 1.92 bits per heavy atom. The molecule has 0 saturated heterocycles. The van der Waals surface area contributed by atoms with Crippen molar-refractivity contribution >= 4 is 23.5 Å². The summed E-state index contributed by atoms with van der Waals surface area (Å²) < 4.78 is 2.42. The van der Waals surface area contributed by atoms with Crippen molar-refractivity contribution < 1.29 is 4.79 Å². The summed E-state index contributed by atoms with van der Waals surface area (Å²) in [5.74, 6) is -0.542. The molecule has 0 aromatic carbocycles. The molecular formula is C18H23N5O3. The molecule has 0 fully saturated rings. The standard InChI is InChI=1S/C18H23N5O3/c1-3-10-22-16(19)15(17(25)23(11-4-2)18(22)26)21-14(24)8-7-13-6-5-9-20-12-13/h5-9,12H,3-4,10-11,19H2,1-2H3,(H,21,24)/b8-7+. The highest BCUT2D eigenvalue weighted by molar-refractivity contribution is 6.03. The molecule has 0 spiro atoms. The summed E-state index contributed by atoms with van der Waals surface area (Å²) in [5, 5.41) is 2.51. The molecule has 8 nitrogen and oxygen atoms in total. The Hall–Kier alpha value is -3.16. The Bertz CT molecular complexity index is 913. The van der Waals surface area contributed by atoms with Crippen molar-refractivity contribution in [2.45, 2.75) is 39.8 Å². The quantitative estimate of drug-likeness (QED) is 0.729. The van der Waals surface area contributed by atoms with Crippen LogP contribution in [0.1, 0.15) is 32.3 Å². The van der Waals surface area contributed by atoms with E-state index in [1.165, 1.54) is 10.6 Å². The molecule has 0 bridgehead atoms. The molecule has 2 aromatic rings. The fourth-order valence-electron chi connectivity index (χ4n) is 2.50. The number of nitrogens with two attached hydrogens (primary N) is 1. The lowest BCUT2D eigenvalue weighted by Gasteiger charge is -2.16. The molecule has 0 atom stereocenters. The van der Waals surface area contributed by atoms with Gasteiger partial charge in [0.1, 0.15) is 11.5 Å². The van der Waals surface area contributed by atoms with Crippen LogP contribution in [-0.2, 0) is 17.9 Å². The van der Waals surface area contributed by atoms with Gasteiger partial charge in [0.15, 0.2) is 0 Å².